The summed E-state index contributed by atoms with van der Waals surface area (Å²) in [5.74, 6) is -0.693. The minimum Gasteiger partial charge on any atom is -0.462 e. The van der Waals surface area contributed by atoms with E-state index in [-0.39, 0.29) is 25.7 Å². The fraction of sp³-hybridized carbons (Fsp3) is 0.938. The molecule has 0 saturated heterocycles. The lowest BCUT2D eigenvalue weighted by Crippen LogP contribution is -2.30. The number of hydrogen-bond donors (Lipinski definition) is 3. The molecule has 19 heteroatoms. The molecule has 3 N–H and O–H groups in total. The third-order valence-electron chi connectivity index (χ3n) is 15.0. The highest BCUT2D eigenvalue weighted by Crippen LogP contribution is 2.45. The second kappa shape index (κ2) is 57.5. The number of aliphatic hydroxyl groups excluding tert-OH is 1. The second-order valence-corrected chi connectivity index (χ2v) is 27.4. The Morgan fingerprint density at radius 1 is 0.321 bits per heavy atom. The van der Waals surface area contributed by atoms with Gasteiger partial charge < -0.3 is 33.8 Å². The van der Waals surface area contributed by atoms with E-state index in [2.05, 4.69) is 41.5 Å². The highest BCUT2D eigenvalue weighted by molar-refractivity contribution is 7.47. The van der Waals surface area contributed by atoms with Crippen LogP contribution in [0.5, 0.6) is 0 Å². The molecular formula is C65H126O17P2. The van der Waals surface area contributed by atoms with Gasteiger partial charge in [-0.05, 0) is 37.5 Å². The highest BCUT2D eigenvalue weighted by Gasteiger charge is 2.30. The van der Waals surface area contributed by atoms with E-state index in [9.17, 15) is 43.2 Å². The maximum atomic E-state index is 13.0. The van der Waals surface area contributed by atoms with Gasteiger partial charge in [0.2, 0.25) is 0 Å². The van der Waals surface area contributed by atoms with E-state index in [1.54, 1.807) is 0 Å². The molecule has 0 aromatic heterocycles. The molecule has 0 aromatic rings. The Labute approximate surface area is 511 Å². The second-order valence-electron chi connectivity index (χ2n) is 24.5. The molecule has 0 bridgehead atoms. The summed E-state index contributed by atoms with van der Waals surface area (Å²) >= 11 is 0. The zero-order valence-corrected chi connectivity index (χ0v) is 56.0. The fourth-order valence-corrected chi connectivity index (χ4v) is 11.3. The Balaban J connectivity index is 5.21. The van der Waals surface area contributed by atoms with E-state index >= 15 is 0 Å². The number of carbonyl (C=O) groups excluding carboxylic acids is 4. The van der Waals surface area contributed by atoms with Gasteiger partial charge in [0.15, 0.2) is 12.2 Å². The van der Waals surface area contributed by atoms with Crippen LogP contribution in [0.4, 0.5) is 0 Å². The number of carbonyl (C=O) groups is 4. The normalized spacial score (nSPS) is 14.3. The average molecular weight is 1240 g/mol. The number of unbranched alkanes of at least 4 members (excludes halogenated alkanes) is 34. The quantitative estimate of drug-likeness (QED) is 0.0222. The van der Waals surface area contributed by atoms with Gasteiger partial charge in [0, 0.05) is 25.7 Å². The van der Waals surface area contributed by atoms with E-state index in [1.165, 1.54) is 128 Å². The number of esters is 4. The highest BCUT2D eigenvalue weighted by atomic mass is 31.2. The van der Waals surface area contributed by atoms with Crippen LogP contribution in [0.3, 0.4) is 0 Å². The van der Waals surface area contributed by atoms with Crippen molar-refractivity contribution in [3.63, 3.8) is 0 Å². The number of ether oxygens (including phenoxy) is 4. The smallest absolute Gasteiger partial charge is 0.462 e. The van der Waals surface area contributed by atoms with Gasteiger partial charge in [-0.15, -0.1) is 0 Å². The standard InChI is InChI=1S/C65H126O17P2/c1-7-9-11-13-15-16-17-18-22-25-29-36-42-48-63(68)76-54-60(81-64(69)49-43-37-30-26-23-20-19-21-24-28-33-39-45-57(3)4)55-79-83(71,72)77-51-59(66)52-78-84(73,74)80-56-61(53-75-62(67)47-41-35-27-14-12-10-8-2)82-65(70)50-44-38-32-31-34-40-46-58(5)6/h57-61,66H,7-56H2,1-6H3,(H,71,72)(H,73,74)/t59-,60-,61-/m1/s1. The van der Waals surface area contributed by atoms with Gasteiger partial charge in [-0.25, -0.2) is 9.13 Å². The first-order valence-electron chi connectivity index (χ1n) is 34.0. The summed E-state index contributed by atoms with van der Waals surface area (Å²) in [7, 11) is -9.88. The summed E-state index contributed by atoms with van der Waals surface area (Å²) < 4.78 is 67.9. The molecule has 0 spiro atoms. The van der Waals surface area contributed by atoms with Crippen molar-refractivity contribution in [3.05, 3.63) is 0 Å². The van der Waals surface area contributed by atoms with Crippen molar-refractivity contribution in [2.45, 2.75) is 342 Å². The molecule has 17 nitrogen and oxygen atoms in total. The summed E-state index contributed by atoms with van der Waals surface area (Å²) in [5.41, 5.74) is 0. The third kappa shape index (κ3) is 59.0. The van der Waals surface area contributed by atoms with Crippen molar-refractivity contribution < 1.29 is 80.2 Å². The lowest BCUT2D eigenvalue weighted by molar-refractivity contribution is -0.161. The number of aliphatic hydroxyl groups is 1. The first-order valence-corrected chi connectivity index (χ1v) is 37.0. The zero-order chi connectivity index (χ0) is 62.2. The molecule has 5 atom stereocenters. The summed E-state index contributed by atoms with van der Waals surface area (Å²) in [6, 6.07) is 0. The largest absolute Gasteiger partial charge is 0.472 e. The van der Waals surface area contributed by atoms with Crippen molar-refractivity contribution in [2.24, 2.45) is 11.8 Å². The van der Waals surface area contributed by atoms with Crippen molar-refractivity contribution >= 4 is 39.5 Å². The van der Waals surface area contributed by atoms with Crippen LogP contribution >= 0.6 is 15.6 Å². The summed E-state index contributed by atoms with van der Waals surface area (Å²) in [5, 5.41) is 10.5. The first kappa shape index (κ1) is 82.1. The van der Waals surface area contributed by atoms with Crippen LogP contribution < -0.4 is 0 Å². The van der Waals surface area contributed by atoms with Crippen LogP contribution in [0.25, 0.3) is 0 Å². The Kier molecular flexibility index (Phi) is 56.2. The van der Waals surface area contributed by atoms with Gasteiger partial charge in [0.05, 0.1) is 26.4 Å². The SMILES string of the molecule is CCCCCCCCCCCCCCCC(=O)OC[C@H](COP(=O)(O)OC[C@@H](O)COP(=O)(O)OC[C@@H](COC(=O)CCCCCCCCC)OC(=O)CCCCCCCCC(C)C)OC(=O)CCCCCCCCCCCCCCC(C)C. The van der Waals surface area contributed by atoms with Crippen LogP contribution in [-0.2, 0) is 65.4 Å². The molecular weight excluding hydrogens is 1110 g/mol. The molecule has 84 heavy (non-hydrogen) atoms. The van der Waals surface area contributed by atoms with Crippen LogP contribution in [0.15, 0.2) is 0 Å². The first-order chi connectivity index (χ1) is 40.4. The minimum absolute atomic E-state index is 0.102. The van der Waals surface area contributed by atoms with E-state index in [1.807, 2.05) is 0 Å². The molecule has 0 rings (SSSR count). The molecule has 0 saturated carbocycles. The lowest BCUT2D eigenvalue weighted by Gasteiger charge is -2.21. The van der Waals surface area contributed by atoms with Gasteiger partial charge in [0.25, 0.3) is 0 Å². The molecule has 0 aromatic carbocycles. The van der Waals surface area contributed by atoms with Crippen LogP contribution in [0.2, 0.25) is 0 Å². The maximum absolute atomic E-state index is 13.0. The molecule has 0 aliphatic rings. The summed E-state index contributed by atoms with van der Waals surface area (Å²) in [6.07, 6.45) is 40.5. The van der Waals surface area contributed by atoms with E-state index in [4.69, 9.17) is 37.0 Å². The van der Waals surface area contributed by atoms with Crippen LogP contribution in [-0.4, -0.2) is 96.7 Å². The zero-order valence-electron chi connectivity index (χ0n) is 54.2. The fourth-order valence-electron chi connectivity index (χ4n) is 9.71. The number of phosphoric ester groups is 2. The Hall–Kier alpha value is -1.94. The maximum Gasteiger partial charge on any atom is 0.472 e. The molecule has 0 amide bonds. The van der Waals surface area contributed by atoms with Crippen molar-refractivity contribution in [2.75, 3.05) is 39.6 Å². The molecule has 0 aliphatic heterocycles. The van der Waals surface area contributed by atoms with Gasteiger partial charge in [0.1, 0.15) is 19.3 Å². The van der Waals surface area contributed by atoms with E-state index in [0.29, 0.717) is 31.6 Å². The van der Waals surface area contributed by atoms with Gasteiger partial charge in [-0.1, -0.05) is 273 Å². The number of rotatable bonds is 64. The predicted octanol–water partition coefficient (Wildman–Crippen LogP) is 18.0. The average Bonchev–Trinajstić information content (AvgIpc) is 3.50. The van der Waals surface area contributed by atoms with Gasteiger partial charge in [-0.3, -0.25) is 37.3 Å². The molecule has 0 fully saturated rings. The minimum atomic E-state index is -4.95. The third-order valence-corrected chi connectivity index (χ3v) is 16.9. The Bertz CT molecular complexity index is 1650. The Morgan fingerprint density at radius 3 is 0.810 bits per heavy atom. The Morgan fingerprint density at radius 2 is 0.548 bits per heavy atom. The van der Waals surface area contributed by atoms with Crippen molar-refractivity contribution in [1.82, 2.24) is 0 Å². The summed E-state index contributed by atoms with van der Waals surface area (Å²) in [6.45, 7) is 9.38. The summed E-state index contributed by atoms with van der Waals surface area (Å²) in [4.78, 5) is 72.1. The van der Waals surface area contributed by atoms with E-state index < -0.39 is 97.5 Å². The van der Waals surface area contributed by atoms with Gasteiger partial charge in [-0.2, -0.15) is 0 Å². The number of hydrogen-bond acceptors (Lipinski definition) is 15. The van der Waals surface area contributed by atoms with Crippen LogP contribution in [0.1, 0.15) is 324 Å². The predicted molar refractivity (Wildman–Crippen MR) is 335 cm³/mol. The van der Waals surface area contributed by atoms with Crippen molar-refractivity contribution in [1.29, 1.82) is 0 Å². The van der Waals surface area contributed by atoms with Crippen LogP contribution in [0, 0.1) is 11.8 Å². The molecule has 0 aliphatic carbocycles. The molecule has 2 unspecified atom stereocenters. The van der Waals surface area contributed by atoms with Gasteiger partial charge >= 0.3 is 39.5 Å². The van der Waals surface area contributed by atoms with Crippen molar-refractivity contribution in [3.8, 4) is 0 Å². The lowest BCUT2D eigenvalue weighted by atomic mass is 10.0. The monoisotopic (exact) mass is 1240 g/mol. The molecule has 0 radical (unpaired) electrons. The topological polar surface area (TPSA) is 237 Å². The van der Waals surface area contributed by atoms with E-state index in [0.717, 1.165) is 109 Å². The number of phosphoric acid groups is 2. The molecule has 0 heterocycles. The molecule has 498 valence electrons.